The van der Waals surface area contributed by atoms with E-state index in [1.165, 1.54) is 13.2 Å². The monoisotopic (exact) mass is 422 g/mol. The molecule has 1 aliphatic rings. The maximum absolute atomic E-state index is 14.7. The number of halogens is 2. The summed E-state index contributed by atoms with van der Waals surface area (Å²) < 4.78 is 25.8. The smallest absolute Gasteiger partial charge is 0.337 e. The summed E-state index contributed by atoms with van der Waals surface area (Å²) in [5.41, 5.74) is 1.31. The highest BCUT2D eigenvalue weighted by Crippen LogP contribution is 2.39. The topological polar surface area (TPSA) is 52.2 Å². The highest BCUT2D eigenvalue weighted by molar-refractivity contribution is 9.10. The number of carbonyl (C=O) groups excluding carboxylic acids is 1. The molecular formula is C19H20BrFN2O3. The lowest BCUT2D eigenvalue weighted by atomic mass is 9.80. The molecule has 0 spiro atoms. The minimum atomic E-state index is -0.811. The Balaban J connectivity index is 2.70. The Hall–Kier alpha value is -2.04. The van der Waals surface area contributed by atoms with Crippen molar-refractivity contribution in [2.45, 2.75) is 38.8 Å². The molecule has 0 radical (unpaired) electrons. The first-order valence-electron chi connectivity index (χ1n) is 8.09. The van der Waals surface area contributed by atoms with Gasteiger partial charge in [-0.05, 0) is 32.9 Å². The number of ether oxygens (including phenoxy) is 2. The molecule has 2 rings (SSSR count). The third kappa shape index (κ3) is 4.19. The van der Waals surface area contributed by atoms with Crippen molar-refractivity contribution in [2.75, 3.05) is 13.7 Å². The summed E-state index contributed by atoms with van der Waals surface area (Å²) in [6, 6.07) is 3.79. The number of esters is 1. The molecule has 26 heavy (non-hydrogen) atoms. The van der Waals surface area contributed by atoms with Crippen molar-refractivity contribution >= 4 is 27.6 Å². The molecule has 0 aromatic heterocycles. The van der Waals surface area contributed by atoms with Gasteiger partial charge in [0.15, 0.2) is 0 Å². The van der Waals surface area contributed by atoms with E-state index in [2.05, 4.69) is 25.8 Å². The number of rotatable bonds is 5. The number of benzene rings is 1. The van der Waals surface area contributed by atoms with Crippen LogP contribution in [0, 0.1) is 12.4 Å². The summed E-state index contributed by atoms with van der Waals surface area (Å²) in [6.07, 6.45) is -0.354. The highest BCUT2D eigenvalue weighted by Gasteiger charge is 2.44. The van der Waals surface area contributed by atoms with Crippen LogP contribution in [0.1, 0.15) is 32.3 Å². The fourth-order valence-corrected chi connectivity index (χ4v) is 3.27. The van der Waals surface area contributed by atoms with Crippen LogP contribution in [0.25, 0.3) is 4.85 Å². The molecule has 0 bridgehead atoms. The zero-order chi connectivity index (χ0) is 19.4. The number of carbonyl (C=O) groups is 1. The van der Waals surface area contributed by atoms with Crippen molar-refractivity contribution in [1.29, 1.82) is 0 Å². The van der Waals surface area contributed by atoms with Gasteiger partial charge in [0, 0.05) is 17.1 Å². The van der Waals surface area contributed by atoms with Crippen molar-refractivity contribution in [3.63, 3.8) is 0 Å². The number of methoxy groups -OCH3 is 1. The summed E-state index contributed by atoms with van der Waals surface area (Å²) in [5.74, 6) is -1.92. The molecule has 0 aliphatic carbocycles. The van der Waals surface area contributed by atoms with Crippen LogP contribution in [0.15, 0.2) is 38.9 Å². The molecule has 0 N–H and O–H groups in total. The van der Waals surface area contributed by atoms with E-state index in [1.807, 2.05) is 0 Å². The van der Waals surface area contributed by atoms with E-state index in [-0.39, 0.29) is 23.8 Å². The third-order valence-corrected chi connectivity index (χ3v) is 4.45. The molecule has 0 saturated carbocycles. The Labute approximate surface area is 160 Å². The van der Waals surface area contributed by atoms with E-state index in [1.54, 1.807) is 32.9 Å². The van der Waals surface area contributed by atoms with E-state index in [0.29, 0.717) is 15.9 Å². The Kier molecular flexibility index (Phi) is 6.68. The third-order valence-electron chi connectivity index (χ3n) is 3.96. The predicted octanol–water partition coefficient (Wildman–Crippen LogP) is 4.29. The summed E-state index contributed by atoms with van der Waals surface area (Å²) in [5, 5.41) is 0. The summed E-state index contributed by atoms with van der Waals surface area (Å²) >= 11 is 3.23. The van der Waals surface area contributed by atoms with Gasteiger partial charge in [-0.25, -0.2) is 15.8 Å². The van der Waals surface area contributed by atoms with Gasteiger partial charge in [-0.3, -0.25) is 4.99 Å². The molecule has 1 aromatic rings. The quantitative estimate of drug-likeness (QED) is 0.525. The molecule has 138 valence electrons. The first kappa shape index (κ1) is 20.3. The fraction of sp³-hybridized carbons (Fsp3) is 0.421. The maximum atomic E-state index is 14.7. The largest absolute Gasteiger partial charge is 0.460 e. The number of hydrogen-bond donors (Lipinski definition) is 0. The number of hydrogen-bond acceptors (Lipinski definition) is 4. The Bertz CT molecular complexity index is 811. The van der Waals surface area contributed by atoms with Crippen molar-refractivity contribution < 1.29 is 18.7 Å². The lowest BCUT2D eigenvalue weighted by Gasteiger charge is -2.27. The predicted molar refractivity (Wildman–Crippen MR) is 100 cm³/mol. The molecule has 0 saturated heterocycles. The molecule has 1 aliphatic heterocycles. The minimum absolute atomic E-state index is 0.0687. The summed E-state index contributed by atoms with van der Waals surface area (Å²) in [7, 11) is 1.49. The van der Waals surface area contributed by atoms with Crippen molar-refractivity contribution in [3.8, 4) is 0 Å². The van der Waals surface area contributed by atoms with Crippen LogP contribution in [0.4, 0.5) is 4.39 Å². The van der Waals surface area contributed by atoms with Gasteiger partial charge in [-0.15, -0.1) is 0 Å². The van der Waals surface area contributed by atoms with Gasteiger partial charge in [0.1, 0.15) is 11.7 Å². The summed E-state index contributed by atoms with van der Waals surface area (Å²) in [6.45, 7) is 12.8. The highest BCUT2D eigenvalue weighted by atomic mass is 79.9. The molecule has 1 aromatic carbocycles. The molecular weight excluding hydrogens is 403 g/mol. The molecule has 2 atom stereocenters. The van der Waals surface area contributed by atoms with Gasteiger partial charge < -0.3 is 14.3 Å². The van der Waals surface area contributed by atoms with Gasteiger partial charge in [0.05, 0.1) is 29.7 Å². The van der Waals surface area contributed by atoms with Crippen LogP contribution >= 0.6 is 15.9 Å². The normalized spacial score (nSPS) is 20.0. The number of nitrogens with zero attached hydrogens (tertiary/aromatic N) is 2. The lowest BCUT2D eigenvalue weighted by Crippen LogP contribution is -2.34. The van der Waals surface area contributed by atoms with Crippen LogP contribution in [0.2, 0.25) is 0 Å². The SMILES string of the molecule is [C-]#[N+]C1C(C)=NC(COC)=C(C(=O)OC(C)C)C1c1ccc(Br)cc1F. The van der Waals surface area contributed by atoms with Crippen LogP contribution in [0.5, 0.6) is 0 Å². The van der Waals surface area contributed by atoms with E-state index in [4.69, 9.17) is 16.0 Å². The van der Waals surface area contributed by atoms with E-state index >= 15 is 0 Å². The Morgan fingerprint density at radius 3 is 2.69 bits per heavy atom. The average Bonchev–Trinajstić information content (AvgIpc) is 2.54. The van der Waals surface area contributed by atoms with Crippen LogP contribution in [-0.4, -0.2) is 37.5 Å². The van der Waals surface area contributed by atoms with Crippen LogP contribution < -0.4 is 0 Å². The second-order valence-corrected chi connectivity index (χ2v) is 7.13. The second kappa shape index (κ2) is 8.56. The average molecular weight is 423 g/mol. The van der Waals surface area contributed by atoms with Crippen LogP contribution in [-0.2, 0) is 14.3 Å². The zero-order valence-corrected chi connectivity index (χ0v) is 16.6. The Morgan fingerprint density at radius 1 is 1.46 bits per heavy atom. The minimum Gasteiger partial charge on any atom is -0.460 e. The van der Waals surface area contributed by atoms with Gasteiger partial charge in [0.2, 0.25) is 0 Å². The van der Waals surface area contributed by atoms with E-state index in [9.17, 15) is 9.18 Å². The summed E-state index contributed by atoms with van der Waals surface area (Å²) in [4.78, 5) is 20.8. The second-order valence-electron chi connectivity index (χ2n) is 6.22. The zero-order valence-electron chi connectivity index (χ0n) is 15.0. The number of aliphatic imine (C=N–C) groups is 1. The lowest BCUT2D eigenvalue weighted by molar-refractivity contribution is -0.143. The maximum Gasteiger partial charge on any atom is 0.337 e. The molecule has 2 unspecified atom stereocenters. The van der Waals surface area contributed by atoms with Gasteiger partial charge in [0.25, 0.3) is 6.04 Å². The van der Waals surface area contributed by atoms with Crippen molar-refractivity contribution in [1.82, 2.24) is 0 Å². The van der Waals surface area contributed by atoms with Gasteiger partial charge in [-0.1, -0.05) is 22.0 Å². The van der Waals surface area contributed by atoms with E-state index < -0.39 is 23.7 Å². The van der Waals surface area contributed by atoms with Gasteiger partial charge >= 0.3 is 5.97 Å². The van der Waals surface area contributed by atoms with Crippen molar-refractivity contribution in [2.24, 2.45) is 4.99 Å². The first-order valence-corrected chi connectivity index (χ1v) is 8.89. The van der Waals surface area contributed by atoms with Gasteiger partial charge in [-0.2, -0.15) is 0 Å². The molecule has 0 amide bonds. The van der Waals surface area contributed by atoms with Crippen LogP contribution in [0.3, 0.4) is 0 Å². The molecule has 7 heteroatoms. The Morgan fingerprint density at radius 2 is 2.15 bits per heavy atom. The molecule has 5 nitrogen and oxygen atoms in total. The molecule has 0 fully saturated rings. The first-order chi connectivity index (χ1) is 12.3. The molecule has 1 heterocycles. The standard InChI is InChI=1S/C19H20BrFN2O3/c1-10(2)26-19(24)17-15(9-25-5)23-11(3)18(22-4)16(17)13-7-6-12(20)8-14(13)21/h6-8,10,16,18H,9H2,1-3,5H3. The van der Waals surface area contributed by atoms with Crippen molar-refractivity contribution in [3.05, 3.63) is 56.7 Å². The van der Waals surface area contributed by atoms with E-state index in [0.717, 1.165) is 0 Å². The fourth-order valence-electron chi connectivity index (χ4n) is 2.93.